The van der Waals surface area contributed by atoms with E-state index in [1.165, 1.54) is 12.1 Å². The second-order valence-electron chi connectivity index (χ2n) is 3.94. The van der Waals surface area contributed by atoms with Crippen molar-refractivity contribution in [1.82, 2.24) is 0 Å². The third-order valence-corrected chi connectivity index (χ3v) is 1.50. The van der Waals surface area contributed by atoms with Crippen LogP contribution in [0.4, 0.5) is 4.39 Å². The van der Waals surface area contributed by atoms with Crippen molar-refractivity contribution in [2.45, 2.75) is 26.4 Å². The van der Waals surface area contributed by atoms with E-state index in [4.69, 9.17) is 10.00 Å². The molecular formula is C11H12FNO. The molecule has 0 saturated carbocycles. The zero-order valence-electron chi connectivity index (χ0n) is 8.47. The number of ether oxygens (including phenoxy) is 1. The second-order valence-corrected chi connectivity index (χ2v) is 3.94. The molecule has 0 aliphatic carbocycles. The zero-order chi connectivity index (χ0) is 10.8. The van der Waals surface area contributed by atoms with Gasteiger partial charge in [-0.25, -0.2) is 4.39 Å². The van der Waals surface area contributed by atoms with Crippen LogP contribution >= 0.6 is 0 Å². The SMILES string of the molecule is CC(C)(C)Oc1cccc(C#N)c1F. The number of nitriles is 1. The Hall–Kier alpha value is -1.56. The lowest BCUT2D eigenvalue weighted by atomic mass is 10.1. The van der Waals surface area contributed by atoms with Crippen LogP contribution in [0.1, 0.15) is 26.3 Å². The fraction of sp³-hybridized carbons (Fsp3) is 0.364. The maximum atomic E-state index is 13.5. The summed E-state index contributed by atoms with van der Waals surface area (Å²) in [5.41, 5.74) is -0.457. The molecule has 0 spiro atoms. The normalized spacial score (nSPS) is 10.8. The first-order chi connectivity index (χ1) is 6.44. The van der Waals surface area contributed by atoms with E-state index in [2.05, 4.69) is 0 Å². The summed E-state index contributed by atoms with van der Waals surface area (Å²) in [4.78, 5) is 0. The highest BCUT2D eigenvalue weighted by molar-refractivity contribution is 5.38. The van der Waals surface area contributed by atoms with Gasteiger partial charge >= 0.3 is 0 Å². The van der Waals surface area contributed by atoms with E-state index in [0.717, 1.165) is 0 Å². The molecule has 1 aromatic rings. The molecule has 0 heterocycles. The minimum atomic E-state index is -0.593. The molecule has 0 fully saturated rings. The zero-order valence-corrected chi connectivity index (χ0v) is 8.47. The van der Waals surface area contributed by atoms with E-state index in [1.807, 2.05) is 20.8 Å². The van der Waals surface area contributed by atoms with Gasteiger partial charge < -0.3 is 4.74 Å². The fourth-order valence-electron chi connectivity index (χ4n) is 1.01. The van der Waals surface area contributed by atoms with E-state index in [9.17, 15) is 4.39 Å². The molecule has 0 bridgehead atoms. The highest BCUT2D eigenvalue weighted by Gasteiger charge is 2.16. The van der Waals surface area contributed by atoms with E-state index in [1.54, 1.807) is 12.1 Å². The molecule has 3 heteroatoms. The van der Waals surface area contributed by atoms with Crippen molar-refractivity contribution in [1.29, 1.82) is 5.26 Å². The van der Waals surface area contributed by atoms with Crippen LogP contribution in [-0.2, 0) is 0 Å². The van der Waals surface area contributed by atoms with Crippen LogP contribution in [0.2, 0.25) is 0 Å². The Morgan fingerprint density at radius 3 is 2.50 bits per heavy atom. The van der Waals surface area contributed by atoms with Crippen LogP contribution in [-0.4, -0.2) is 5.60 Å². The highest BCUT2D eigenvalue weighted by Crippen LogP contribution is 2.23. The Bertz CT molecular complexity index is 374. The summed E-state index contributed by atoms with van der Waals surface area (Å²) in [5.74, 6) is -0.471. The smallest absolute Gasteiger partial charge is 0.182 e. The van der Waals surface area contributed by atoms with Gasteiger partial charge in [-0.3, -0.25) is 0 Å². The summed E-state index contributed by atoms with van der Waals surface area (Å²) in [6.45, 7) is 5.47. The molecule has 0 radical (unpaired) electrons. The fourth-order valence-corrected chi connectivity index (χ4v) is 1.01. The third kappa shape index (κ3) is 2.46. The van der Waals surface area contributed by atoms with Crippen LogP contribution < -0.4 is 4.74 Å². The van der Waals surface area contributed by atoms with Crippen LogP contribution in [0.15, 0.2) is 18.2 Å². The highest BCUT2D eigenvalue weighted by atomic mass is 19.1. The summed E-state index contributed by atoms with van der Waals surface area (Å²) >= 11 is 0. The van der Waals surface area contributed by atoms with Crippen molar-refractivity contribution in [3.05, 3.63) is 29.6 Å². The lowest BCUT2D eigenvalue weighted by Crippen LogP contribution is -2.23. The molecule has 0 unspecified atom stereocenters. The molecule has 0 amide bonds. The lowest BCUT2D eigenvalue weighted by molar-refractivity contribution is 0.124. The Morgan fingerprint density at radius 1 is 1.36 bits per heavy atom. The topological polar surface area (TPSA) is 33.0 Å². The summed E-state index contributed by atoms with van der Waals surface area (Å²) in [6, 6.07) is 6.30. The van der Waals surface area contributed by atoms with Crippen LogP contribution in [0.3, 0.4) is 0 Å². The number of benzene rings is 1. The maximum absolute atomic E-state index is 13.5. The largest absolute Gasteiger partial charge is 0.485 e. The van der Waals surface area contributed by atoms with Gasteiger partial charge in [-0.2, -0.15) is 5.26 Å². The van der Waals surface area contributed by atoms with Crippen molar-refractivity contribution in [2.75, 3.05) is 0 Å². The number of hydrogen-bond donors (Lipinski definition) is 0. The van der Waals surface area contributed by atoms with Crippen molar-refractivity contribution in [3.8, 4) is 11.8 Å². The predicted molar refractivity (Wildman–Crippen MR) is 51.5 cm³/mol. The van der Waals surface area contributed by atoms with Gasteiger partial charge in [-0.05, 0) is 32.9 Å². The van der Waals surface area contributed by atoms with Gasteiger partial charge in [0.1, 0.15) is 11.7 Å². The molecule has 14 heavy (non-hydrogen) atoms. The Balaban J connectivity index is 3.06. The van der Waals surface area contributed by atoms with E-state index < -0.39 is 11.4 Å². The third-order valence-electron chi connectivity index (χ3n) is 1.50. The van der Waals surface area contributed by atoms with E-state index in [0.29, 0.717) is 0 Å². The van der Waals surface area contributed by atoms with Gasteiger partial charge in [0.2, 0.25) is 0 Å². The van der Waals surface area contributed by atoms with E-state index >= 15 is 0 Å². The van der Waals surface area contributed by atoms with Crippen LogP contribution in [0.5, 0.6) is 5.75 Å². The lowest BCUT2D eigenvalue weighted by Gasteiger charge is -2.21. The average Bonchev–Trinajstić information content (AvgIpc) is 2.06. The Morgan fingerprint density at radius 2 is 2.00 bits per heavy atom. The first kappa shape index (κ1) is 10.5. The quantitative estimate of drug-likeness (QED) is 0.687. The Kier molecular flexibility index (Phi) is 2.76. The number of halogens is 1. The van der Waals surface area contributed by atoms with Gasteiger partial charge in [0.05, 0.1) is 5.56 Å². The van der Waals surface area contributed by atoms with Gasteiger partial charge in [-0.15, -0.1) is 0 Å². The number of hydrogen-bond acceptors (Lipinski definition) is 2. The molecule has 0 aliphatic rings. The number of nitrogens with zero attached hydrogens (tertiary/aromatic N) is 1. The summed E-state index contributed by atoms with van der Waals surface area (Å²) < 4.78 is 18.8. The van der Waals surface area contributed by atoms with Crippen molar-refractivity contribution in [2.24, 2.45) is 0 Å². The van der Waals surface area contributed by atoms with Crippen molar-refractivity contribution >= 4 is 0 Å². The summed E-state index contributed by atoms with van der Waals surface area (Å²) in [6.07, 6.45) is 0. The van der Waals surface area contributed by atoms with Crippen molar-refractivity contribution < 1.29 is 9.13 Å². The van der Waals surface area contributed by atoms with Gasteiger partial charge in [0, 0.05) is 0 Å². The molecule has 0 N–H and O–H groups in total. The maximum Gasteiger partial charge on any atom is 0.182 e. The van der Waals surface area contributed by atoms with Crippen LogP contribution in [0.25, 0.3) is 0 Å². The molecular weight excluding hydrogens is 181 g/mol. The van der Waals surface area contributed by atoms with Crippen LogP contribution in [0, 0.1) is 17.1 Å². The average molecular weight is 193 g/mol. The molecule has 0 aromatic heterocycles. The Labute approximate surface area is 82.9 Å². The number of rotatable bonds is 1. The molecule has 74 valence electrons. The molecule has 1 aromatic carbocycles. The molecule has 1 rings (SSSR count). The predicted octanol–water partition coefficient (Wildman–Crippen LogP) is 2.87. The second kappa shape index (κ2) is 3.67. The minimum Gasteiger partial charge on any atom is -0.485 e. The molecule has 2 nitrogen and oxygen atoms in total. The van der Waals surface area contributed by atoms with E-state index in [-0.39, 0.29) is 11.3 Å². The first-order valence-corrected chi connectivity index (χ1v) is 4.31. The monoisotopic (exact) mass is 193 g/mol. The van der Waals surface area contributed by atoms with Crippen molar-refractivity contribution in [3.63, 3.8) is 0 Å². The minimum absolute atomic E-state index is 0.00625. The first-order valence-electron chi connectivity index (χ1n) is 4.31. The standard InChI is InChI=1S/C11H12FNO/c1-11(2,3)14-9-6-4-5-8(7-13)10(9)12/h4-6H,1-3H3. The molecule has 0 saturated heterocycles. The van der Waals surface area contributed by atoms with Gasteiger partial charge in [0.25, 0.3) is 0 Å². The molecule has 0 atom stereocenters. The summed E-state index contributed by atoms with van der Waals surface area (Å²) in [5, 5.41) is 8.60. The summed E-state index contributed by atoms with van der Waals surface area (Å²) in [7, 11) is 0. The van der Waals surface area contributed by atoms with Gasteiger partial charge in [0.15, 0.2) is 11.6 Å². The van der Waals surface area contributed by atoms with Gasteiger partial charge in [-0.1, -0.05) is 6.07 Å². The molecule has 0 aliphatic heterocycles.